The minimum absolute atomic E-state index is 0.165. The van der Waals surface area contributed by atoms with Gasteiger partial charge in [0.05, 0.1) is 23.8 Å². The molecule has 0 bridgehead atoms. The van der Waals surface area contributed by atoms with Gasteiger partial charge in [-0.25, -0.2) is 4.98 Å². The Balaban J connectivity index is 1.77. The number of rotatable bonds is 2. The van der Waals surface area contributed by atoms with Crippen LogP contribution in [0, 0.1) is 0 Å². The fourth-order valence-electron chi connectivity index (χ4n) is 1.71. The Labute approximate surface area is 102 Å². The molecule has 17 heavy (non-hydrogen) atoms. The van der Waals surface area contributed by atoms with Gasteiger partial charge in [-0.15, -0.1) is 0 Å². The van der Waals surface area contributed by atoms with Gasteiger partial charge in [-0.2, -0.15) is 0 Å². The van der Waals surface area contributed by atoms with E-state index in [9.17, 15) is 4.79 Å². The molecule has 0 atom stereocenters. The van der Waals surface area contributed by atoms with Crippen molar-refractivity contribution in [2.24, 2.45) is 0 Å². The summed E-state index contributed by atoms with van der Waals surface area (Å²) in [4.78, 5) is 20.1. The number of anilines is 1. The molecule has 3 rings (SSSR count). The van der Waals surface area contributed by atoms with Crippen LogP contribution in [0.15, 0.2) is 18.3 Å². The quantitative estimate of drug-likeness (QED) is 0.852. The topological polar surface area (TPSA) is 67.0 Å². The van der Waals surface area contributed by atoms with Crippen LogP contribution in [0.3, 0.4) is 0 Å². The Bertz CT molecular complexity index is 509. The first-order chi connectivity index (χ1) is 8.33. The summed E-state index contributed by atoms with van der Waals surface area (Å²) in [7, 11) is 0. The van der Waals surface area contributed by atoms with Gasteiger partial charge in [0.15, 0.2) is 5.13 Å². The van der Waals surface area contributed by atoms with Gasteiger partial charge in [-0.1, -0.05) is 11.3 Å². The maximum Gasteiger partial charge on any atom is 0.273 e. The molecule has 0 unspecified atom stereocenters. The summed E-state index contributed by atoms with van der Waals surface area (Å²) in [6.07, 6.45) is 2.54. The van der Waals surface area contributed by atoms with E-state index < -0.39 is 0 Å². The summed E-state index contributed by atoms with van der Waals surface area (Å²) in [6, 6.07) is 3.52. The zero-order chi connectivity index (χ0) is 11.7. The third-order valence-electron chi connectivity index (χ3n) is 2.56. The first kappa shape index (κ1) is 10.5. The van der Waals surface area contributed by atoms with Crippen molar-refractivity contribution in [3.63, 3.8) is 0 Å². The average molecular weight is 249 g/mol. The van der Waals surface area contributed by atoms with Crippen LogP contribution < -0.4 is 5.32 Å². The van der Waals surface area contributed by atoms with E-state index >= 15 is 0 Å². The minimum Gasteiger partial charge on any atom is -0.375 e. The summed E-state index contributed by atoms with van der Waals surface area (Å²) < 4.78 is 5.34. The number of hydrogen-bond acceptors (Lipinski definition) is 4. The van der Waals surface area contributed by atoms with Crippen LogP contribution in [0.4, 0.5) is 5.13 Å². The van der Waals surface area contributed by atoms with Crippen molar-refractivity contribution in [3.05, 3.63) is 34.6 Å². The van der Waals surface area contributed by atoms with E-state index in [-0.39, 0.29) is 5.91 Å². The Morgan fingerprint density at radius 2 is 2.53 bits per heavy atom. The number of thiazole rings is 1. The van der Waals surface area contributed by atoms with Crippen LogP contribution in [-0.2, 0) is 17.8 Å². The van der Waals surface area contributed by atoms with Crippen molar-refractivity contribution in [3.8, 4) is 0 Å². The van der Waals surface area contributed by atoms with Gasteiger partial charge >= 0.3 is 0 Å². The fraction of sp³-hybridized carbons (Fsp3) is 0.273. The highest BCUT2D eigenvalue weighted by Gasteiger charge is 2.17. The number of fused-ring (bicyclic) bond motifs is 1. The first-order valence-corrected chi connectivity index (χ1v) is 6.15. The Morgan fingerprint density at radius 1 is 1.59 bits per heavy atom. The van der Waals surface area contributed by atoms with Crippen molar-refractivity contribution < 1.29 is 9.53 Å². The first-order valence-electron chi connectivity index (χ1n) is 5.34. The summed E-state index contributed by atoms with van der Waals surface area (Å²) >= 11 is 1.48. The zero-order valence-electron chi connectivity index (χ0n) is 9.03. The van der Waals surface area contributed by atoms with Crippen molar-refractivity contribution in [2.45, 2.75) is 13.0 Å². The SMILES string of the molecule is O=C(Nc1nc2c(s1)COCC2)c1ccc[nH]1. The van der Waals surface area contributed by atoms with Crippen LogP contribution in [0.2, 0.25) is 0 Å². The Kier molecular flexibility index (Phi) is 2.66. The van der Waals surface area contributed by atoms with E-state index in [2.05, 4.69) is 15.3 Å². The number of amides is 1. The average Bonchev–Trinajstić information content (AvgIpc) is 2.97. The largest absolute Gasteiger partial charge is 0.375 e. The molecule has 88 valence electrons. The number of nitrogens with zero attached hydrogens (tertiary/aromatic N) is 1. The predicted octanol–water partition coefficient (Wildman–Crippen LogP) is 1.80. The highest BCUT2D eigenvalue weighted by molar-refractivity contribution is 7.15. The zero-order valence-corrected chi connectivity index (χ0v) is 9.84. The van der Waals surface area contributed by atoms with E-state index in [0.717, 1.165) is 17.0 Å². The summed E-state index contributed by atoms with van der Waals surface area (Å²) in [5, 5.41) is 3.42. The van der Waals surface area contributed by atoms with Gasteiger partial charge in [0.1, 0.15) is 5.69 Å². The van der Waals surface area contributed by atoms with Gasteiger partial charge in [0, 0.05) is 12.6 Å². The summed E-state index contributed by atoms with van der Waals surface area (Å²) in [5.41, 5.74) is 1.58. The van der Waals surface area contributed by atoms with Crippen LogP contribution in [0.5, 0.6) is 0 Å². The van der Waals surface area contributed by atoms with Gasteiger partial charge in [-0.05, 0) is 12.1 Å². The van der Waals surface area contributed by atoms with Gasteiger partial charge in [-0.3, -0.25) is 10.1 Å². The molecule has 2 aromatic rings. The van der Waals surface area contributed by atoms with Crippen LogP contribution in [-0.4, -0.2) is 22.5 Å². The Morgan fingerprint density at radius 3 is 3.29 bits per heavy atom. The van der Waals surface area contributed by atoms with Crippen LogP contribution >= 0.6 is 11.3 Å². The second-order valence-electron chi connectivity index (χ2n) is 3.73. The highest BCUT2D eigenvalue weighted by atomic mass is 32.1. The van der Waals surface area contributed by atoms with Gasteiger partial charge in [0.2, 0.25) is 0 Å². The lowest BCUT2D eigenvalue weighted by Crippen LogP contribution is -2.12. The van der Waals surface area contributed by atoms with Crippen molar-refractivity contribution in [2.75, 3.05) is 11.9 Å². The molecule has 2 aromatic heterocycles. The number of hydrogen-bond donors (Lipinski definition) is 2. The molecule has 0 radical (unpaired) electrons. The van der Waals surface area contributed by atoms with E-state index in [0.29, 0.717) is 24.0 Å². The molecule has 0 aliphatic carbocycles. The molecule has 3 heterocycles. The second-order valence-corrected chi connectivity index (χ2v) is 4.81. The van der Waals surface area contributed by atoms with Gasteiger partial charge in [0.25, 0.3) is 5.91 Å². The number of aromatic amines is 1. The standard InChI is InChI=1S/C11H11N3O2S/c15-10(8-2-1-4-12-8)14-11-13-7-3-5-16-6-9(7)17-11/h1-2,4,12H,3,5-6H2,(H,13,14,15). The summed E-state index contributed by atoms with van der Waals surface area (Å²) in [5.74, 6) is -0.165. The molecule has 0 saturated heterocycles. The predicted molar refractivity (Wildman–Crippen MR) is 64.2 cm³/mol. The molecule has 5 nitrogen and oxygen atoms in total. The molecular formula is C11H11N3O2S. The third-order valence-corrected chi connectivity index (χ3v) is 3.54. The second kappa shape index (κ2) is 4.31. The number of H-pyrrole nitrogens is 1. The molecule has 1 amide bonds. The van der Waals surface area contributed by atoms with Crippen molar-refractivity contribution in [1.29, 1.82) is 0 Å². The number of aromatic nitrogens is 2. The van der Waals surface area contributed by atoms with Crippen molar-refractivity contribution >= 4 is 22.4 Å². The number of carbonyl (C=O) groups is 1. The molecule has 0 aromatic carbocycles. The minimum atomic E-state index is -0.165. The van der Waals surface area contributed by atoms with E-state index in [4.69, 9.17) is 4.74 Å². The number of nitrogens with one attached hydrogen (secondary N) is 2. The maximum atomic E-state index is 11.8. The Hall–Kier alpha value is -1.66. The monoisotopic (exact) mass is 249 g/mol. The summed E-state index contributed by atoms with van der Waals surface area (Å²) in [6.45, 7) is 1.31. The lowest BCUT2D eigenvalue weighted by molar-refractivity contribution is 0.102. The maximum absolute atomic E-state index is 11.8. The highest BCUT2D eigenvalue weighted by Crippen LogP contribution is 2.27. The lowest BCUT2D eigenvalue weighted by atomic mass is 10.2. The number of ether oxygens (including phenoxy) is 1. The molecule has 0 fully saturated rings. The molecule has 1 aliphatic rings. The fourth-order valence-corrected chi connectivity index (χ4v) is 2.66. The van der Waals surface area contributed by atoms with Crippen molar-refractivity contribution in [1.82, 2.24) is 9.97 Å². The van der Waals surface area contributed by atoms with E-state index in [1.165, 1.54) is 11.3 Å². The van der Waals surface area contributed by atoms with Gasteiger partial charge < -0.3 is 9.72 Å². The smallest absolute Gasteiger partial charge is 0.273 e. The van der Waals surface area contributed by atoms with E-state index in [1.54, 1.807) is 18.3 Å². The molecular weight excluding hydrogens is 238 g/mol. The van der Waals surface area contributed by atoms with E-state index in [1.807, 2.05) is 0 Å². The molecule has 0 saturated carbocycles. The van der Waals surface area contributed by atoms with Crippen LogP contribution in [0.1, 0.15) is 21.1 Å². The lowest BCUT2D eigenvalue weighted by Gasteiger charge is -2.08. The normalized spacial score (nSPS) is 14.4. The number of carbonyl (C=O) groups excluding carboxylic acids is 1. The molecule has 6 heteroatoms. The van der Waals surface area contributed by atoms with Crippen LogP contribution in [0.25, 0.3) is 0 Å². The molecule has 0 spiro atoms. The third kappa shape index (κ3) is 2.09. The molecule has 1 aliphatic heterocycles. The molecule has 2 N–H and O–H groups in total.